The van der Waals surface area contributed by atoms with E-state index in [4.69, 9.17) is 4.74 Å². The van der Waals surface area contributed by atoms with Crippen LogP contribution in [0.1, 0.15) is 66.6 Å². The average molecular weight is 645 g/mol. The van der Waals surface area contributed by atoms with Crippen molar-refractivity contribution in [2.45, 2.75) is 64.0 Å². The van der Waals surface area contributed by atoms with Gasteiger partial charge in [-0.3, -0.25) is 23.9 Å². The van der Waals surface area contributed by atoms with Crippen LogP contribution < -0.4 is 16.2 Å². The van der Waals surface area contributed by atoms with E-state index >= 15 is 0 Å². The number of amides is 2. The Labute approximate surface area is 279 Å². The van der Waals surface area contributed by atoms with Crippen molar-refractivity contribution in [1.29, 1.82) is 0 Å². The molecule has 4 aromatic carbocycles. The number of rotatable bonds is 11. The second-order valence-corrected chi connectivity index (χ2v) is 12.2. The maximum Gasteiger partial charge on any atom is 0.310 e. The number of esters is 1. The standard InChI is InChI=1S/C39H40N4O5/c1-2-48-36(44)25-28-18-21-30(22-19-28)40-38(46)34(24-27-12-6-3-7-13-27)41-37(45)29-20-23-35-33(26-29)39(47)43(32-16-10-5-11-17-32)42(35)31-14-8-4-9-15-31/h3,5-7,10-13,16-23,26,31,34H,2,4,8-9,14-15,24-25H2,1H3,(H,40,46)(H,41,45)/t34-/m0/s1. The normalized spacial score (nSPS) is 13.9. The first-order valence-electron chi connectivity index (χ1n) is 16.6. The Morgan fingerprint density at radius 2 is 1.52 bits per heavy atom. The number of carbonyl (C=O) groups is 3. The van der Waals surface area contributed by atoms with Gasteiger partial charge in [0.25, 0.3) is 11.5 Å². The minimum absolute atomic E-state index is 0.138. The predicted molar refractivity (Wildman–Crippen MR) is 186 cm³/mol. The summed E-state index contributed by atoms with van der Waals surface area (Å²) in [6, 6.07) is 30.5. The second-order valence-electron chi connectivity index (χ2n) is 12.2. The van der Waals surface area contributed by atoms with Gasteiger partial charge in [-0.1, -0.05) is 79.9 Å². The van der Waals surface area contributed by atoms with Crippen molar-refractivity contribution >= 4 is 34.4 Å². The summed E-state index contributed by atoms with van der Waals surface area (Å²) < 4.78 is 8.87. The first kappa shape index (κ1) is 32.5. The smallest absolute Gasteiger partial charge is 0.310 e. The van der Waals surface area contributed by atoms with Gasteiger partial charge >= 0.3 is 5.97 Å². The van der Waals surface area contributed by atoms with Crippen LogP contribution in [-0.2, 0) is 27.2 Å². The number of fused-ring (bicyclic) bond motifs is 1. The summed E-state index contributed by atoms with van der Waals surface area (Å²) in [6.07, 6.45) is 5.78. The molecule has 1 aromatic heterocycles. The first-order valence-corrected chi connectivity index (χ1v) is 16.6. The molecule has 0 bridgehead atoms. The van der Waals surface area contributed by atoms with Gasteiger partial charge in [0.1, 0.15) is 6.04 Å². The number of benzene rings is 4. The summed E-state index contributed by atoms with van der Waals surface area (Å²) in [5.41, 5.74) is 3.87. The lowest BCUT2D eigenvalue weighted by Crippen LogP contribution is -2.45. The molecule has 1 heterocycles. The van der Waals surface area contributed by atoms with Gasteiger partial charge in [0.2, 0.25) is 5.91 Å². The largest absolute Gasteiger partial charge is 0.466 e. The maximum absolute atomic E-state index is 14.0. The topological polar surface area (TPSA) is 111 Å². The molecule has 6 rings (SSSR count). The molecule has 9 nitrogen and oxygen atoms in total. The van der Waals surface area contributed by atoms with E-state index in [1.165, 1.54) is 6.42 Å². The fourth-order valence-electron chi connectivity index (χ4n) is 6.48. The minimum Gasteiger partial charge on any atom is -0.466 e. The van der Waals surface area contributed by atoms with E-state index in [9.17, 15) is 19.2 Å². The number of nitrogens with zero attached hydrogens (tertiary/aromatic N) is 2. The van der Waals surface area contributed by atoms with Crippen molar-refractivity contribution in [3.8, 4) is 5.69 Å². The highest BCUT2D eigenvalue weighted by molar-refractivity contribution is 6.03. The second kappa shape index (κ2) is 15.0. The van der Waals surface area contributed by atoms with Crippen molar-refractivity contribution in [3.63, 3.8) is 0 Å². The van der Waals surface area contributed by atoms with Gasteiger partial charge in [0.05, 0.1) is 35.7 Å². The van der Waals surface area contributed by atoms with Crippen LogP contribution in [0.5, 0.6) is 0 Å². The van der Waals surface area contributed by atoms with Crippen molar-refractivity contribution in [2.75, 3.05) is 11.9 Å². The van der Waals surface area contributed by atoms with Gasteiger partial charge in [-0.2, -0.15) is 0 Å². The first-order chi connectivity index (χ1) is 23.4. The van der Waals surface area contributed by atoms with Crippen LogP contribution in [0.2, 0.25) is 0 Å². The third-order valence-corrected chi connectivity index (χ3v) is 8.84. The molecular formula is C39H40N4O5. The zero-order valence-corrected chi connectivity index (χ0v) is 27.1. The van der Waals surface area contributed by atoms with Crippen LogP contribution in [0.3, 0.4) is 0 Å². The van der Waals surface area contributed by atoms with Crippen LogP contribution in [0.25, 0.3) is 16.6 Å². The molecule has 1 aliphatic rings. The molecule has 2 N–H and O–H groups in total. The fourth-order valence-corrected chi connectivity index (χ4v) is 6.48. The van der Waals surface area contributed by atoms with Gasteiger partial charge < -0.3 is 15.4 Å². The number of aromatic nitrogens is 2. The van der Waals surface area contributed by atoms with E-state index in [-0.39, 0.29) is 36.3 Å². The van der Waals surface area contributed by atoms with Crippen molar-refractivity contribution in [3.05, 3.63) is 130 Å². The molecule has 0 radical (unpaired) electrons. The summed E-state index contributed by atoms with van der Waals surface area (Å²) in [6.45, 7) is 2.07. The molecule has 1 fully saturated rings. The third kappa shape index (κ3) is 7.41. The van der Waals surface area contributed by atoms with E-state index in [0.717, 1.165) is 48.0 Å². The quantitative estimate of drug-likeness (QED) is 0.162. The molecule has 246 valence electrons. The van der Waals surface area contributed by atoms with Crippen molar-refractivity contribution < 1.29 is 19.1 Å². The summed E-state index contributed by atoms with van der Waals surface area (Å²) in [4.78, 5) is 53.2. The van der Waals surface area contributed by atoms with Crippen molar-refractivity contribution in [1.82, 2.24) is 14.7 Å². The SMILES string of the molecule is CCOC(=O)Cc1ccc(NC(=O)[C@H](Cc2ccccc2)NC(=O)c2ccc3c(c2)c(=O)n(-c2ccccc2)n3C2CCCCC2)cc1. The summed E-state index contributed by atoms with van der Waals surface area (Å²) in [7, 11) is 0. The lowest BCUT2D eigenvalue weighted by molar-refractivity contribution is -0.142. The molecule has 0 unspecified atom stereocenters. The molecule has 1 saturated carbocycles. The Morgan fingerprint density at radius 1 is 0.833 bits per heavy atom. The third-order valence-electron chi connectivity index (χ3n) is 8.84. The number of hydrogen-bond acceptors (Lipinski definition) is 5. The Bertz CT molecular complexity index is 1940. The van der Waals surface area contributed by atoms with E-state index in [0.29, 0.717) is 23.2 Å². The number of ether oxygens (including phenoxy) is 1. The highest BCUT2D eigenvalue weighted by atomic mass is 16.5. The van der Waals surface area contributed by atoms with Gasteiger partial charge in [0.15, 0.2) is 0 Å². The van der Waals surface area contributed by atoms with E-state index in [2.05, 4.69) is 15.3 Å². The number of anilines is 1. The fraction of sp³-hybridized carbons (Fsp3) is 0.282. The van der Waals surface area contributed by atoms with E-state index < -0.39 is 11.9 Å². The zero-order valence-electron chi connectivity index (χ0n) is 27.1. The molecule has 0 spiro atoms. The lowest BCUT2D eigenvalue weighted by atomic mass is 9.95. The molecule has 5 aromatic rings. The Balaban J connectivity index is 1.27. The molecule has 0 aliphatic heterocycles. The van der Waals surface area contributed by atoms with Crippen LogP contribution in [0.4, 0.5) is 5.69 Å². The average Bonchev–Trinajstić information content (AvgIpc) is 3.41. The Kier molecular flexibility index (Phi) is 10.1. The molecule has 1 aliphatic carbocycles. The van der Waals surface area contributed by atoms with Crippen molar-refractivity contribution in [2.24, 2.45) is 0 Å². The van der Waals surface area contributed by atoms with Crippen LogP contribution >= 0.6 is 0 Å². The molecule has 2 amide bonds. The summed E-state index contributed by atoms with van der Waals surface area (Å²) in [5, 5.41) is 6.29. The number of para-hydroxylation sites is 1. The number of hydrogen-bond donors (Lipinski definition) is 2. The van der Waals surface area contributed by atoms with Crippen LogP contribution in [0.15, 0.2) is 108 Å². The zero-order chi connectivity index (χ0) is 33.5. The Hall–Kier alpha value is -5.44. The monoisotopic (exact) mass is 644 g/mol. The number of carbonyl (C=O) groups excluding carboxylic acids is 3. The predicted octanol–water partition coefficient (Wildman–Crippen LogP) is 6.38. The lowest BCUT2D eigenvalue weighted by Gasteiger charge is -2.26. The minimum atomic E-state index is -0.900. The molecule has 48 heavy (non-hydrogen) atoms. The molecule has 1 atom stereocenters. The molecule has 0 saturated heterocycles. The molecular weight excluding hydrogens is 604 g/mol. The Morgan fingerprint density at radius 3 is 2.21 bits per heavy atom. The highest BCUT2D eigenvalue weighted by Gasteiger charge is 2.26. The number of nitrogens with one attached hydrogen (secondary N) is 2. The maximum atomic E-state index is 14.0. The van der Waals surface area contributed by atoms with Crippen LogP contribution in [0, 0.1) is 0 Å². The van der Waals surface area contributed by atoms with Gasteiger partial charge in [-0.05, 0) is 73.4 Å². The molecule has 9 heteroatoms. The highest BCUT2D eigenvalue weighted by Crippen LogP contribution is 2.32. The van der Waals surface area contributed by atoms with Gasteiger partial charge in [-0.15, -0.1) is 0 Å². The van der Waals surface area contributed by atoms with E-state index in [1.807, 2.05) is 66.7 Å². The van der Waals surface area contributed by atoms with Gasteiger partial charge in [0, 0.05) is 17.7 Å². The van der Waals surface area contributed by atoms with Gasteiger partial charge in [-0.25, -0.2) is 4.68 Å². The van der Waals surface area contributed by atoms with Crippen LogP contribution in [-0.4, -0.2) is 39.8 Å². The van der Waals surface area contributed by atoms with E-state index in [1.54, 1.807) is 48.0 Å². The summed E-state index contributed by atoms with van der Waals surface area (Å²) in [5.74, 6) is -1.15. The summed E-state index contributed by atoms with van der Waals surface area (Å²) >= 11 is 0.